The maximum atomic E-state index is 12.9. The fraction of sp³-hybridized carbons (Fsp3) is 0.722. The van der Waals surface area contributed by atoms with Gasteiger partial charge in [0, 0.05) is 5.54 Å². The first-order chi connectivity index (χ1) is 13.1. The maximum absolute atomic E-state index is 12.9. The molecule has 9 heteroatoms. The number of aromatic nitrogens is 5. The summed E-state index contributed by atoms with van der Waals surface area (Å²) in [6.07, 6.45) is 10.6. The maximum Gasteiger partial charge on any atom is 0.277 e. The zero-order valence-electron chi connectivity index (χ0n) is 15.4. The molecule has 1 atom stereocenters. The Hall–Kier alpha value is -1.90. The van der Waals surface area contributed by atoms with Crippen molar-refractivity contribution in [3.05, 3.63) is 18.5 Å². The molecule has 6 rings (SSSR count). The SMILES string of the molecule is CC(Sc1nnc(Cn2cncn2)o1)C(=O)NC12CC3CC(CC(C3)C1)C2. The lowest BCUT2D eigenvalue weighted by atomic mass is 9.53. The van der Waals surface area contributed by atoms with Gasteiger partial charge in [-0.15, -0.1) is 10.2 Å². The number of nitrogens with zero attached hydrogens (tertiary/aromatic N) is 5. The Morgan fingerprint density at radius 1 is 1.30 bits per heavy atom. The number of hydrogen-bond acceptors (Lipinski definition) is 7. The molecule has 4 aliphatic carbocycles. The molecule has 2 heterocycles. The largest absolute Gasteiger partial charge is 0.414 e. The predicted molar refractivity (Wildman–Crippen MR) is 97.8 cm³/mol. The lowest BCUT2D eigenvalue weighted by Crippen LogP contribution is -2.60. The molecule has 1 unspecified atom stereocenters. The van der Waals surface area contributed by atoms with Gasteiger partial charge in [-0.05, 0) is 63.2 Å². The Morgan fingerprint density at radius 3 is 2.63 bits per heavy atom. The van der Waals surface area contributed by atoms with Gasteiger partial charge in [-0.25, -0.2) is 9.67 Å². The number of hydrogen-bond donors (Lipinski definition) is 1. The van der Waals surface area contributed by atoms with Gasteiger partial charge >= 0.3 is 0 Å². The average molecular weight is 388 g/mol. The Labute approximate surface area is 161 Å². The Bertz CT molecular complexity index is 784. The molecule has 4 aliphatic rings. The predicted octanol–water partition coefficient (Wildman–Crippen LogP) is 2.27. The van der Waals surface area contributed by atoms with E-state index in [2.05, 4.69) is 25.6 Å². The summed E-state index contributed by atoms with van der Waals surface area (Å²) < 4.78 is 7.26. The summed E-state index contributed by atoms with van der Waals surface area (Å²) in [5, 5.41) is 15.7. The first-order valence-electron chi connectivity index (χ1n) is 9.70. The minimum absolute atomic E-state index is 0.0355. The van der Waals surface area contributed by atoms with Gasteiger partial charge in [0.25, 0.3) is 5.22 Å². The Kier molecular flexibility index (Phi) is 4.22. The van der Waals surface area contributed by atoms with Crippen molar-refractivity contribution in [2.45, 2.75) is 68.0 Å². The Morgan fingerprint density at radius 2 is 2.00 bits per heavy atom. The summed E-state index contributed by atoms with van der Waals surface area (Å²) >= 11 is 1.32. The van der Waals surface area contributed by atoms with Crippen LogP contribution in [0.1, 0.15) is 51.3 Å². The fourth-order valence-electron chi connectivity index (χ4n) is 5.63. The van der Waals surface area contributed by atoms with E-state index in [1.165, 1.54) is 37.4 Å². The smallest absolute Gasteiger partial charge is 0.277 e. The minimum Gasteiger partial charge on any atom is -0.414 e. The summed E-state index contributed by atoms with van der Waals surface area (Å²) in [6.45, 7) is 2.28. The zero-order chi connectivity index (χ0) is 18.4. The van der Waals surface area contributed by atoms with E-state index in [1.54, 1.807) is 11.0 Å². The molecule has 8 nitrogen and oxygen atoms in total. The molecular formula is C18H24N6O2S. The van der Waals surface area contributed by atoms with Crippen molar-refractivity contribution >= 4 is 17.7 Å². The molecule has 0 aromatic carbocycles. The van der Waals surface area contributed by atoms with Gasteiger partial charge in [-0.3, -0.25) is 4.79 Å². The van der Waals surface area contributed by atoms with Crippen molar-refractivity contribution in [1.82, 2.24) is 30.3 Å². The number of rotatable bonds is 6. The van der Waals surface area contributed by atoms with Crippen LogP contribution in [-0.4, -0.2) is 41.7 Å². The van der Waals surface area contributed by atoms with E-state index >= 15 is 0 Å². The molecule has 0 saturated heterocycles. The zero-order valence-corrected chi connectivity index (χ0v) is 16.2. The lowest BCUT2D eigenvalue weighted by molar-refractivity contribution is -0.126. The summed E-state index contributed by atoms with van der Waals surface area (Å²) in [4.78, 5) is 16.7. The molecule has 0 aliphatic heterocycles. The highest BCUT2D eigenvalue weighted by molar-refractivity contribution is 8.00. The molecule has 2 aromatic heterocycles. The minimum atomic E-state index is -0.266. The van der Waals surface area contributed by atoms with E-state index in [0.717, 1.165) is 37.0 Å². The van der Waals surface area contributed by atoms with Crippen LogP contribution < -0.4 is 5.32 Å². The topological polar surface area (TPSA) is 98.7 Å². The third kappa shape index (κ3) is 3.49. The van der Waals surface area contributed by atoms with E-state index in [4.69, 9.17) is 4.42 Å². The summed E-state index contributed by atoms with van der Waals surface area (Å²) in [5.74, 6) is 2.98. The molecular weight excluding hydrogens is 364 g/mol. The summed E-state index contributed by atoms with van der Waals surface area (Å²) in [6, 6.07) is 0. The number of carbonyl (C=O) groups excluding carboxylic acids is 1. The van der Waals surface area contributed by atoms with Crippen molar-refractivity contribution in [2.24, 2.45) is 17.8 Å². The van der Waals surface area contributed by atoms with Crippen molar-refractivity contribution in [2.75, 3.05) is 0 Å². The van der Waals surface area contributed by atoms with E-state index in [-0.39, 0.29) is 16.7 Å². The first kappa shape index (κ1) is 17.2. The standard InChI is InChI=1S/C18H24N6O2S/c1-11(27-17-23-22-15(26-17)8-24-10-19-9-20-24)16(25)21-18-5-12-2-13(6-18)4-14(3-12)7-18/h9-14H,2-8H2,1H3,(H,21,25). The van der Waals surface area contributed by atoms with E-state index in [0.29, 0.717) is 17.7 Å². The second kappa shape index (κ2) is 6.61. The molecule has 1 amide bonds. The van der Waals surface area contributed by atoms with Gasteiger partial charge in [-0.2, -0.15) is 5.10 Å². The van der Waals surface area contributed by atoms with E-state index in [9.17, 15) is 4.79 Å². The fourth-order valence-corrected chi connectivity index (χ4v) is 6.33. The van der Waals surface area contributed by atoms with Crippen molar-refractivity contribution in [3.63, 3.8) is 0 Å². The van der Waals surface area contributed by atoms with Crippen LogP contribution >= 0.6 is 11.8 Å². The second-order valence-electron chi connectivity index (χ2n) is 8.50. The van der Waals surface area contributed by atoms with Crippen LogP contribution in [0.5, 0.6) is 0 Å². The van der Waals surface area contributed by atoms with Crippen LogP contribution in [0.15, 0.2) is 22.3 Å². The van der Waals surface area contributed by atoms with Crippen molar-refractivity contribution in [1.29, 1.82) is 0 Å². The normalized spacial score (nSPS) is 32.6. The lowest BCUT2D eigenvalue weighted by Gasteiger charge is -2.57. The van der Waals surface area contributed by atoms with Gasteiger partial charge in [0.2, 0.25) is 11.8 Å². The third-order valence-corrected chi connectivity index (χ3v) is 7.22. The Balaban J connectivity index is 1.19. The van der Waals surface area contributed by atoms with Crippen LogP contribution in [0, 0.1) is 17.8 Å². The molecule has 4 bridgehead atoms. The first-order valence-corrected chi connectivity index (χ1v) is 10.6. The van der Waals surface area contributed by atoms with Gasteiger partial charge in [0.1, 0.15) is 19.2 Å². The summed E-state index contributed by atoms with van der Waals surface area (Å²) in [5.41, 5.74) is 0.0355. The molecule has 4 saturated carbocycles. The highest BCUT2D eigenvalue weighted by Crippen LogP contribution is 2.55. The van der Waals surface area contributed by atoms with Crippen LogP contribution in [-0.2, 0) is 11.3 Å². The second-order valence-corrected chi connectivity index (χ2v) is 9.79. The van der Waals surface area contributed by atoms with Crippen LogP contribution in [0.25, 0.3) is 0 Å². The number of carbonyl (C=O) groups is 1. The molecule has 1 N–H and O–H groups in total. The van der Waals surface area contributed by atoms with Crippen LogP contribution in [0.2, 0.25) is 0 Å². The monoisotopic (exact) mass is 388 g/mol. The van der Waals surface area contributed by atoms with E-state index < -0.39 is 0 Å². The highest BCUT2D eigenvalue weighted by atomic mass is 32.2. The number of amides is 1. The van der Waals surface area contributed by atoms with Gasteiger partial charge in [-0.1, -0.05) is 11.8 Å². The number of nitrogens with one attached hydrogen (secondary N) is 1. The van der Waals surface area contributed by atoms with Gasteiger partial charge in [0.05, 0.1) is 5.25 Å². The average Bonchev–Trinajstić information content (AvgIpc) is 3.25. The molecule has 4 fully saturated rings. The van der Waals surface area contributed by atoms with Crippen LogP contribution in [0.3, 0.4) is 0 Å². The summed E-state index contributed by atoms with van der Waals surface area (Å²) in [7, 11) is 0. The van der Waals surface area contributed by atoms with Crippen molar-refractivity contribution < 1.29 is 9.21 Å². The van der Waals surface area contributed by atoms with Gasteiger partial charge in [0.15, 0.2) is 0 Å². The van der Waals surface area contributed by atoms with E-state index in [1.807, 2.05) is 6.92 Å². The molecule has 27 heavy (non-hydrogen) atoms. The quantitative estimate of drug-likeness (QED) is 0.758. The third-order valence-electron chi connectivity index (χ3n) is 6.29. The van der Waals surface area contributed by atoms with Gasteiger partial charge < -0.3 is 9.73 Å². The number of thioether (sulfide) groups is 1. The van der Waals surface area contributed by atoms with Crippen LogP contribution in [0.4, 0.5) is 0 Å². The molecule has 144 valence electrons. The molecule has 0 radical (unpaired) electrons. The molecule has 2 aromatic rings. The highest BCUT2D eigenvalue weighted by Gasteiger charge is 2.51. The molecule has 0 spiro atoms. The van der Waals surface area contributed by atoms with Crippen molar-refractivity contribution in [3.8, 4) is 0 Å².